The predicted molar refractivity (Wildman–Crippen MR) is 91.3 cm³/mol. The molecule has 2 aromatic heterocycles. The molecule has 0 saturated heterocycles. The van der Waals surface area contributed by atoms with E-state index in [0.29, 0.717) is 34.8 Å². The van der Waals surface area contributed by atoms with Crippen molar-refractivity contribution in [2.75, 3.05) is 12.4 Å². The number of rotatable bonds is 7. The number of hydrogen-bond acceptors (Lipinski definition) is 6. The molecule has 2 heterocycles. The van der Waals surface area contributed by atoms with E-state index >= 15 is 0 Å². The van der Waals surface area contributed by atoms with E-state index in [0.717, 1.165) is 4.88 Å². The molecule has 8 heteroatoms. The molecule has 5 nitrogen and oxygen atoms in total. The summed E-state index contributed by atoms with van der Waals surface area (Å²) in [6.07, 6.45) is 0. The molecule has 0 N–H and O–H groups in total. The van der Waals surface area contributed by atoms with Crippen molar-refractivity contribution in [1.82, 2.24) is 10.1 Å². The Kier molecular flexibility index (Phi) is 5.43. The predicted octanol–water partition coefficient (Wildman–Crippen LogP) is 3.78. The average Bonchev–Trinajstić information content (AvgIpc) is 3.20. The van der Waals surface area contributed by atoms with Crippen molar-refractivity contribution >= 4 is 33.7 Å². The molecule has 0 aliphatic rings. The molecule has 0 saturated carbocycles. The standard InChI is InChI=1S/C15H13ClN2O3S2/c16-11-3-5-12(6-4-11)20-7-9-23(19)10-14-17-15(18-21-14)13-2-1-8-22-13/h1-6,8H,7,9-10H2/t23-/m0/s1. The summed E-state index contributed by atoms with van der Waals surface area (Å²) in [4.78, 5) is 5.18. The van der Waals surface area contributed by atoms with Crippen molar-refractivity contribution < 1.29 is 13.5 Å². The van der Waals surface area contributed by atoms with Crippen LogP contribution in [0.1, 0.15) is 5.89 Å². The highest BCUT2D eigenvalue weighted by atomic mass is 35.5. The Bertz CT molecular complexity index is 772. The second-order valence-corrected chi connectivity index (χ2v) is 7.54. The normalized spacial score (nSPS) is 12.2. The largest absolute Gasteiger partial charge is 0.493 e. The van der Waals surface area contributed by atoms with Gasteiger partial charge in [0.1, 0.15) is 11.5 Å². The lowest BCUT2D eigenvalue weighted by Gasteiger charge is -2.05. The van der Waals surface area contributed by atoms with Crippen LogP contribution in [0.25, 0.3) is 10.7 Å². The molecule has 23 heavy (non-hydrogen) atoms. The van der Waals surface area contributed by atoms with Gasteiger partial charge in [-0.15, -0.1) is 11.3 Å². The van der Waals surface area contributed by atoms with Crippen LogP contribution >= 0.6 is 22.9 Å². The van der Waals surface area contributed by atoms with E-state index in [1.165, 1.54) is 11.3 Å². The van der Waals surface area contributed by atoms with Crippen molar-refractivity contribution in [1.29, 1.82) is 0 Å². The van der Waals surface area contributed by atoms with Gasteiger partial charge in [0, 0.05) is 15.8 Å². The molecule has 0 fully saturated rings. The van der Waals surface area contributed by atoms with E-state index in [-0.39, 0.29) is 5.75 Å². The maximum atomic E-state index is 12.0. The van der Waals surface area contributed by atoms with E-state index in [9.17, 15) is 4.21 Å². The summed E-state index contributed by atoms with van der Waals surface area (Å²) in [7, 11) is -1.13. The SMILES string of the molecule is O=[S@@](CCOc1ccc(Cl)cc1)Cc1nc(-c2cccs2)no1. The van der Waals surface area contributed by atoms with Gasteiger partial charge < -0.3 is 9.26 Å². The molecule has 1 aromatic carbocycles. The van der Waals surface area contributed by atoms with Crippen LogP contribution in [0.3, 0.4) is 0 Å². The van der Waals surface area contributed by atoms with Crippen LogP contribution in [-0.2, 0) is 16.6 Å². The van der Waals surface area contributed by atoms with Gasteiger partial charge >= 0.3 is 0 Å². The summed E-state index contributed by atoms with van der Waals surface area (Å²) in [5, 5.41) is 6.49. The van der Waals surface area contributed by atoms with E-state index in [2.05, 4.69) is 10.1 Å². The molecule has 0 amide bonds. The maximum absolute atomic E-state index is 12.0. The topological polar surface area (TPSA) is 65.2 Å². The molecule has 0 aliphatic carbocycles. The average molecular weight is 369 g/mol. The molecule has 1 atom stereocenters. The molecule has 0 spiro atoms. The van der Waals surface area contributed by atoms with E-state index in [1.807, 2.05) is 17.5 Å². The van der Waals surface area contributed by atoms with Gasteiger partial charge in [-0.1, -0.05) is 22.8 Å². The number of benzene rings is 1. The molecule has 0 unspecified atom stereocenters. The Morgan fingerprint density at radius 3 is 2.83 bits per heavy atom. The third-order valence-electron chi connectivity index (χ3n) is 2.89. The van der Waals surface area contributed by atoms with Gasteiger partial charge in [0.15, 0.2) is 0 Å². The van der Waals surface area contributed by atoms with Gasteiger partial charge in [-0.3, -0.25) is 4.21 Å². The summed E-state index contributed by atoms with van der Waals surface area (Å²) in [5.41, 5.74) is 0. The van der Waals surface area contributed by atoms with Gasteiger partial charge in [0.25, 0.3) is 0 Å². The number of nitrogens with zero attached hydrogens (tertiary/aromatic N) is 2. The summed E-state index contributed by atoms with van der Waals surface area (Å²) in [5.74, 6) is 2.22. The number of thiophene rings is 1. The van der Waals surface area contributed by atoms with Gasteiger partial charge in [0.05, 0.1) is 17.2 Å². The Morgan fingerprint density at radius 2 is 2.09 bits per heavy atom. The third kappa shape index (κ3) is 4.63. The van der Waals surface area contributed by atoms with Gasteiger partial charge in [0.2, 0.25) is 11.7 Å². The summed E-state index contributed by atoms with van der Waals surface area (Å²) >= 11 is 7.33. The summed E-state index contributed by atoms with van der Waals surface area (Å²) in [6.45, 7) is 0.347. The van der Waals surface area contributed by atoms with Crippen LogP contribution in [0.15, 0.2) is 46.3 Å². The Hall–Kier alpha value is -1.70. The molecular formula is C15H13ClN2O3S2. The Morgan fingerprint density at radius 1 is 1.26 bits per heavy atom. The van der Waals surface area contributed by atoms with Crippen LogP contribution < -0.4 is 4.74 Å². The number of ether oxygens (including phenoxy) is 1. The first-order valence-electron chi connectivity index (χ1n) is 6.80. The van der Waals surface area contributed by atoms with E-state index in [4.69, 9.17) is 20.9 Å². The van der Waals surface area contributed by atoms with Gasteiger partial charge in [-0.05, 0) is 35.7 Å². The fourth-order valence-electron chi connectivity index (χ4n) is 1.81. The first-order chi connectivity index (χ1) is 11.2. The highest BCUT2D eigenvalue weighted by Crippen LogP contribution is 2.21. The first kappa shape index (κ1) is 16.2. The van der Waals surface area contributed by atoms with Crippen molar-refractivity contribution in [3.63, 3.8) is 0 Å². The van der Waals surface area contributed by atoms with Crippen molar-refractivity contribution in [3.8, 4) is 16.5 Å². The quantitative estimate of drug-likeness (QED) is 0.635. The van der Waals surface area contributed by atoms with Crippen molar-refractivity contribution in [3.05, 3.63) is 52.7 Å². The summed E-state index contributed by atoms with van der Waals surface area (Å²) < 4.78 is 22.7. The van der Waals surface area contributed by atoms with E-state index in [1.54, 1.807) is 24.3 Å². The van der Waals surface area contributed by atoms with Crippen molar-refractivity contribution in [2.24, 2.45) is 0 Å². The lowest BCUT2D eigenvalue weighted by molar-refractivity contribution is 0.342. The smallest absolute Gasteiger partial charge is 0.239 e. The van der Waals surface area contributed by atoms with Crippen molar-refractivity contribution in [2.45, 2.75) is 5.75 Å². The second-order valence-electron chi connectivity index (χ2n) is 4.58. The third-order valence-corrected chi connectivity index (χ3v) is 5.20. The minimum absolute atomic E-state index is 0.225. The monoisotopic (exact) mass is 368 g/mol. The van der Waals surface area contributed by atoms with Crippen LogP contribution in [0.4, 0.5) is 0 Å². The number of hydrogen-bond donors (Lipinski definition) is 0. The highest BCUT2D eigenvalue weighted by molar-refractivity contribution is 7.84. The van der Waals surface area contributed by atoms with Crippen LogP contribution in [0.2, 0.25) is 5.02 Å². The molecule has 3 rings (SSSR count). The zero-order chi connectivity index (χ0) is 16.1. The second kappa shape index (κ2) is 7.72. The fraction of sp³-hybridized carbons (Fsp3) is 0.200. The first-order valence-corrected chi connectivity index (χ1v) is 9.55. The van der Waals surface area contributed by atoms with Gasteiger partial charge in [-0.25, -0.2) is 0 Å². The molecule has 0 bridgehead atoms. The Labute approximate surface area is 144 Å². The Balaban J connectivity index is 1.47. The molecule has 3 aromatic rings. The summed E-state index contributed by atoms with van der Waals surface area (Å²) in [6, 6.07) is 10.9. The molecule has 0 radical (unpaired) electrons. The van der Waals surface area contributed by atoms with Crippen LogP contribution in [0.5, 0.6) is 5.75 Å². The lowest BCUT2D eigenvalue weighted by atomic mass is 10.3. The molecule has 120 valence electrons. The molecule has 0 aliphatic heterocycles. The minimum Gasteiger partial charge on any atom is -0.493 e. The molecular weight excluding hydrogens is 356 g/mol. The number of aromatic nitrogens is 2. The minimum atomic E-state index is -1.13. The fourth-order valence-corrected chi connectivity index (χ4v) is 3.39. The maximum Gasteiger partial charge on any atom is 0.239 e. The van der Waals surface area contributed by atoms with Gasteiger partial charge in [-0.2, -0.15) is 4.98 Å². The van der Waals surface area contributed by atoms with Crippen LogP contribution in [-0.4, -0.2) is 26.7 Å². The zero-order valence-electron chi connectivity index (χ0n) is 12.0. The zero-order valence-corrected chi connectivity index (χ0v) is 14.4. The highest BCUT2D eigenvalue weighted by Gasteiger charge is 2.12. The van der Waals surface area contributed by atoms with Crippen LogP contribution in [0, 0.1) is 0 Å². The van der Waals surface area contributed by atoms with E-state index < -0.39 is 10.8 Å². The lowest BCUT2D eigenvalue weighted by Crippen LogP contribution is -2.10. The number of halogens is 1.